The van der Waals surface area contributed by atoms with Crippen LogP contribution in [0.25, 0.3) is 16.7 Å². The number of halogens is 1. The van der Waals surface area contributed by atoms with Crippen molar-refractivity contribution in [2.45, 2.75) is 6.92 Å². The van der Waals surface area contributed by atoms with Crippen LogP contribution in [0, 0.1) is 6.92 Å². The average molecular weight is 425 g/mol. The fourth-order valence-corrected chi connectivity index (χ4v) is 3.06. The van der Waals surface area contributed by atoms with Crippen molar-refractivity contribution in [1.29, 1.82) is 0 Å². The number of hydrogen-bond acceptors (Lipinski definition) is 5. The Morgan fingerprint density at radius 3 is 2.63 bits per heavy atom. The third-order valence-electron chi connectivity index (χ3n) is 3.99. The predicted octanol–water partition coefficient (Wildman–Crippen LogP) is 3.70. The van der Waals surface area contributed by atoms with E-state index in [9.17, 15) is 9.59 Å². The number of fused-ring (bicyclic) bond motifs is 1. The number of nitrogens with one attached hydrogen (secondary N) is 1. The zero-order chi connectivity index (χ0) is 19.0. The van der Waals surface area contributed by atoms with Gasteiger partial charge in [-0.1, -0.05) is 0 Å². The van der Waals surface area contributed by atoms with Gasteiger partial charge < -0.3 is 9.73 Å². The summed E-state index contributed by atoms with van der Waals surface area (Å²) in [5, 5.41) is 3.19. The van der Waals surface area contributed by atoms with Gasteiger partial charge in [-0.05, 0) is 71.4 Å². The van der Waals surface area contributed by atoms with Gasteiger partial charge in [-0.25, -0.2) is 9.97 Å². The molecule has 134 valence electrons. The molecule has 7 nitrogen and oxygen atoms in total. The molecule has 0 aliphatic carbocycles. The van der Waals surface area contributed by atoms with Crippen molar-refractivity contribution in [3.63, 3.8) is 0 Å². The highest BCUT2D eigenvalue weighted by Crippen LogP contribution is 2.18. The van der Waals surface area contributed by atoms with E-state index < -0.39 is 0 Å². The van der Waals surface area contributed by atoms with E-state index in [1.54, 1.807) is 61.7 Å². The van der Waals surface area contributed by atoms with Crippen LogP contribution in [-0.2, 0) is 0 Å². The zero-order valence-electron chi connectivity index (χ0n) is 14.1. The third-order valence-corrected chi connectivity index (χ3v) is 4.42. The minimum Gasteiger partial charge on any atom is -0.444 e. The van der Waals surface area contributed by atoms with Gasteiger partial charge in [0.15, 0.2) is 16.1 Å². The number of carbonyl (C=O) groups excluding carboxylic acids is 1. The normalized spacial score (nSPS) is 10.9. The molecule has 1 amide bonds. The van der Waals surface area contributed by atoms with Gasteiger partial charge in [-0.2, -0.15) is 0 Å². The lowest BCUT2D eigenvalue weighted by Gasteiger charge is -2.11. The average Bonchev–Trinajstić information content (AvgIpc) is 3.10. The van der Waals surface area contributed by atoms with E-state index in [0.717, 1.165) is 0 Å². The van der Waals surface area contributed by atoms with E-state index >= 15 is 0 Å². The summed E-state index contributed by atoms with van der Waals surface area (Å²) in [6, 6.07) is 13.5. The van der Waals surface area contributed by atoms with Gasteiger partial charge in [0.1, 0.15) is 5.82 Å². The van der Waals surface area contributed by atoms with E-state index in [0.29, 0.717) is 32.9 Å². The Morgan fingerprint density at radius 1 is 1.15 bits per heavy atom. The SMILES string of the molecule is Cc1nc2ncccc2c(=O)n1-c1ccc(NC(=O)c2ccc(Br)o2)cc1. The van der Waals surface area contributed by atoms with Gasteiger partial charge in [-0.15, -0.1) is 0 Å². The monoisotopic (exact) mass is 424 g/mol. The molecule has 0 radical (unpaired) electrons. The van der Waals surface area contributed by atoms with Crippen LogP contribution in [0.1, 0.15) is 16.4 Å². The Kier molecular flexibility index (Phi) is 4.33. The molecule has 3 aromatic heterocycles. The molecular formula is C19H13BrN4O3. The first-order valence-electron chi connectivity index (χ1n) is 8.04. The molecule has 0 saturated carbocycles. The Labute approximate surface area is 161 Å². The molecule has 1 aromatic carbocycles. The molecule has 0 atom stereocenters. The van der Waals surface area contributed by atoms with Crippen molar-refractivity contribution in [3.8, 4) is 5.69 Å². The predicted molar refractivity (Wildman–Crippen MR) is 104 cm³/mol. The summed E-state index contributed by atoms with van der Waals surface area (Å²) in [7, 11) is 0. The Balaban J connectivity index is 1.66. The molecule has 4 rings (SSSR count). The van der Waals surface area contributed by atoms with E-state index in [1.165, 1.54) is 4.57 Å². The lowest BCUT2D eigenvalue weighted by Crippen LogP contribution is -2.22. The number of rotatable bonds is 3. The summed E-state index contributed by atoms with van der Waals surface area (Å²) >= 11 is 3.16. The molecule has 0 spiro atoms. The molecular weight excluding hydrogens is 412 g/mol. The Morgan fingerprint density at radius 2 is 1.93 bits per heavy atom. The lowest BCUT2D eigenvalue weighted by atomic mass is 10.2. The smallest absolute Gasteiger partial charge is 0.291 e. The summed E-state index contributed by atoms with van der Waals surface area (Å²) in [4.78, 5) is 33.5. The molecule has 3 heterocycles. The second kappa shape index (κ2) is 6.81. The summed E-state index contributed by atoms with van der Waals surface area (Å²) in [5.41, 5.74) is 1.46. The molecule has 0 fully saturated rings. The third kappa shape index (κ3) is 3.26. The summed E-state index contributed by atoms with van der Waals surface area (Å²) < 4.78 is 7.22. The van der Waals surface area contributed by atoms with E-state index in [2.05, 4.69) is 31.2 Å². The number of furan rings is 1. The summed E-state index contributed by atoms with van der Waals surface area (Å²) in [6.45, 7) is 1.75. The number of nitrogens with zero attached hydrogens (tertiary/aromatic N) is 3. The zero-order valence-corrected chi connectivity index (χ0v) is 15.7. The molecule has 1 N–H and O–H groups in total. The van der Waals surface area contributed by atoms with Crippen LogP contribution < -0.4 is 10.9 Å². The minimum atomic E-state index is -0.361. The quantitative estimate of drug-likeness (QED) is 0.541. The largest absolute Gasteiger partial charge is 0.444 e. The van der Waals surface area contributed by atoms with Gasteiger partial charge in [0, 0.05) is 11.9 Å². The Bertz CT molecular complexity index is 1210. The van der Waals surface area contributed by atoms with Crippen LogP contribution in [0.2, 0.25) is 0 Å². The number of pyridine rings is 1. The van der Waals surface area contributed by atoms with Crippen LogP contribution in [0.5, 0.6) is 0 Å². The van der Waals surface area contributed by atoms with Crippen molar-refractivity contribution in [2.24, 2.45) is 0 Å². The van der Waals surface area contributed by atoms with Gasteiger partial charge in [0.25, 0.3) is 11.5 Å². The van der Waals surface area contributed by atoms with E-state index in [-0.39, 0.29) is 17.2 Å². The molecule has 0 unspecified atom stereocenters. The molecule has 27 heavy (non-hydrogen) atoms. The molecule has 4 aromatic rings. The second-order valence-corrected chi connectivity index (χ2v) is 6.56. The van der Waals surface area contributed by atoms with Gasteiger partial charge in [-0.3, -0.25) is 14.2 Å². The summed E-state index contributed by atoms with van der Waals surface area (Å²) in [6.07, 6.45) is 1.60. The Hall–Kier alpha value is -3.26. The number of hydrogen-bond donors (Lipinski definition) is 1. The molecule has 0 saturated heterocycles. The second-order valence-electron chi connectivity index (χ2n) is 5.78. The van der Waals surface area contributed by atoms with Crippen molar-refractivity contribution in [1.82, 2.24) is 14.5 Å². The van der Waals surface area contributed by atoms with Gasteiger partial charge >= 0.3 is 0 Å². The molecule has 0 aliphatic rings. The fraction of sp³-hybridized carbons (Fsp3) is 0.0526. The molecule has 0 aliphatic heterocycles. The first kappa shape index (κ1) is 17.2. The van der Waals surface area contributed by atoms with Crippen LogP contribution in [-0.4, -0.2) is 20.4 Å². The van der Waals surface area contributed by atoms with Crippen LogP contribution >= 0.6 is 15.9 Å². The highest BCUT2D eigenvalue weighted by atomic mass is 79.9. The summed E-state index contributed by atoms with van der Waals surface area (Å²) in [5.74, 6) is 0.368. The number of benzene rings is 1. The van der Waals surface area contributed by atoms with Crippen molar-refractivity contribution < 1.29 is 9.21 Å². The van der Waals surface area contributed by atoms with E-state index in [4.69, 9.17) is 4.42 Å². The number of aromatic nitrogens is 3. The highest BCUT2D eigenvalue weighted by molar-refractivity contribution is 9.10. The highest BCUT2D eigenvalue weighted by Gasteiger charge is 2.12. The van der Waals surface area contributed by atoms with Crippen LogP contribution in [0.3, 0.4) is 0 Å². The molecule has 8 heteroatoms. The lowest BCUT2D eigenvalue weighted by molar-refractivity contribution is 0.0995. The number of aryl methyl sites for hydroxylation is 1. The van der Waals surface area contributed by atoms with Crippen LogP contribution in [0.15, 0.2) is 68.6 Å². The van der Waals surface area contributed by atoms with Gasteiger partial charge in [0.2, 0.25) is 0 Å². The van der Waals surface area contributed by atoms with Crippen molar-refractivity contribution in [2.75, 3.05) is 5.32 Å². The first-order chi connectivity index (χ1) is 13.0. The van der Waals surface area contributed by atoms with Crippen molar-refractivity contribution >= 4 is 38.6 Å². The van der Waals surface area contributed by atoms with Crippen molar-refractivity contribution in [3.05, 3.63) is 81.3 Å². The van der Waals surface area contributed by atoms with Gasteiger partial charge in [0.05, 0.1) is 11.1 Å². The fourth-order valence-electron chi connectivity index (χ4n) is 2.75. The topological polar surface area (TPSA) is 90.0 Å². The minimum absolute atomic E-state index is 0.192. The maximum absolute atomic E-state index is 12.8. The number of amides is 1. The number of carbonyl (C=O) groups is 1. The standard InChI is InChI=1S/C19H13BrN4O3/c1-11-22-17-14(3-2-10-21-17)19(26)24(11)13-6-4-12(5-7-13)23-18(25)15-8-9-16(20)27-15/h2-10H,1H3,(H,23,25). The van der Waals surface area contributed by atoms with Crippen LogP contribution in [0.4, 0.5) is 5.69 Å². The maximum atomic E-state index is 12.8. The molecule has 0 bridgehead atoms. The first-order valence-corrected chi connectivity index (χ1v) is 8.84. The van der Waals surface area contributed by atoms with E-state index in [1.807, 2.05) is 0 Å². The maximum Gasteiger partial charge on any atom is 0.291 e. The number of anilines is 1.